The molecule has 0 radical (unpaired) electrons. The Morgan fingerprint density at radius 1 is 0.935 bits per heavy atom. The molecular weight excluding hydrogens is 386 g/mol. The van der Waals surface area contributed by atoms with E-state index in [1.807, 2.05) is 68.4 Å². The zero-order chi connectivity index (χ0) is 21.8. The molecule has 0 saturated carbocycles. The lowest BCUT2D eigenvalue weighted by Gasteiger charge is -2.30. The van der Waals surface area contributed by atoms with Gasteiger partial charge in [0.2, 0.25) is 0 Å². The molecule has 0 aliphatic carbocycles. The Hall–Kier alpha value is -3.41. The van der Waals surface area contributed by atoms with Crippen molar-refractivity contribution in [2.45, 2.75) is 33.6 Å². The van der Waals surface area contributed by atoms with Crippen LogP contribution >= 0.6 is 0 Å². The van der Waals surface area contributed by atoms with Crippen LogP contribution in [0.15, 0.2) is 54.6 Å². The highest BCUT2D eigenvalue weighted by molar-refractivity contribution is 6.00. The van der Waals surface area contributed by atoms with Crippen LogP contribution in [-0.2, 0) is 0 Å². The Kier molecular flexibility index (Phi) is 6.16. The van der Waals surface area contributed by atoms with E-state index in [2.05, 4.69) is 32.7 Å². The number of amides is 2. The number of hydrogen-bond donors (Lipinski definition) is 2. The van der Waals surface area contributed by atoms with Crippen molar-refractivity contribution in [2.75, 3.05) is 28.6 Å². The van der Waals surface area contributed by atoms with Crippen LogP contribution in [0.25, 0.3) is 11.3 Å². The number of aromatic nitrogens is 2. The molecule has 1 aliphatic rings. The van der Waals surface area contributed by atoms with Crippen LogP contribution in [0.2, 0.25) is 0 Å². The highest BCUT2D eigenvalue weighted by atomic mass is 16.2. The topological polar surface area (TPSA) is 70.2 Å². The lowest BCUT2D eigenvalue weighted by molar-refractivity contribution is 0.262. The number of urea groups is 1. The van der Waals surface area contributed by atoms with Crippen molar-refractivity contribution in [1.82, 2.24) is 10.2 Å². The first-order chi connectivity index (χ1) is 15.0. The second kappa shape index (κ2) is 9.16. The number of carbonyl (C=O) groups is 1. The van der Waals surface area contributed by atoms with E-state index in [1.54, 1.807) is 0 Å². The number of piperidine rings is 1. The first-order valence-corrected chi connectivity index (χ1v) is 10.8. The maximum atomic E-state index is 12.4. The number of anilines is 3. The van der Waals surface area contributed by atoms with Gasteiger partial charge in [-0.3, -0.25) is 0 Å². The second-order valence-electron chi connectivity index (χ2n) is 8.35. The maximum absolute atomic E-state index is 12.4. The van der Waals surface area contributed by atoms with Crippen molar-refractivity contribution < 1.29 is 4.79 Å². The first kappa shape index (κ1) is 20.8. The third-order valence-electron chi connectivity index (χ3n) is 6.05. The summed E-state index contributed by atoms with van der Waals surface area (Å²) in [6.45, 7) is 8.41. The molecule has 160 valence electrons. The van der Waals surface area contributed by atoms with E-state index in [0.29, 0.717) is 0 Å². The highest BCUT2D eigenvalue weighted by Crippen LogP contribution is 2.24. The molecule has 0 bridgehead atoms. The highest BCUT2D eigenvalue weighted by Gasteiger charge is 2.17. The summed E-state index contributed by atoms with van der Waals surface area (Å²) in [5.41, 5.74) is 5.52. The molecule has 31 heavy (non-hydrogen) atoms. The van der Waals surface area contributed by atoms with E-state index in [0.717, 1.165) is 58.6 Å². The van der Waals surface area contributed by atoms with Crippen LogP contribution in [0.4, 0.5) is 22.0 Å². The normalized spacial score (nSPS) is 14.4. The molecule has 0 spiro atoms. The fourth-order valence-electron chi connectivity index (χ4n) is 3.78. The van der Waals surface area contributed by atoms with Gasteiger partial charge in [-0.1, -0.05) is 31.2 Å². The number of benzene rings is 2. The average molecular weight is 416 g/mol. The van der Waals surface area contributed by atoms with Crippen LogP contribution in [0.1, 0.15) is 30.9 Å². The molecule has 4 rings (SSSR count). The monoisotopic (exact) mass is 415 g/mol. The van der Waals surface area contributed by atoms with Gasteiger partial charge in [-0.25, -0.2) is 4.79 Å². The Bertz CT molecular complexity index is 1040. The predicted octanol–water partition coefficient (Wildman–Crippen LogP) is 5.64. The van der Waals surface area contributed by atoms with Gasteiger partial charge in [0.05, 0.1) is 5.69 Å². The van der Waals surface area contributed by atoms with Gasteiger partial charge in [-0.15, -0.1) is 10.2 Å². The Morgan fingerprint density at radius 2 is 1.68 bits per heavy atom. The SMILES string of the molecule is Cc1cccc(NC(=O)Nc2ccc(-c3ccc(N4CCC(C)CC4)nn3)cc2)c1C. The number of hydrogen-bond acceptors (Lipinski definition) is 4. The molecule has 2 heterocycles. The predicted molar refractivity (Wildman–Crippen MR) is 127 cm³/mol. The molecule has 1 fully saturated rings. The minimum absolute atomic E-state index is 0.263. The lowest BCUT2D eigenvalue weighted by Crippen LogP contribution is -2.33. The molecule has 3 aromatic rings. The van der Waals surface area contributed by atoms with Crippen molar-refractivity contribution in [2.24, 2.45) is 5.92 Å². The largest absolute Gasteiger partial charge is 0.355 e. The Morgan fingerprint density at radius 3 is 2.35 bits per heavy atom. The van der Waals surface area contributed by atoms with Gasteiger partial charge in [0.1, 0.15) is 0 Å². The van der Waals surface area contributed by atoms with Crippen molar-refractivity contribution in [3.8, 4) is 11.3 Å². The fourth-order valence-corrected chi connectivity index (χ4v) is 3.78. The van der Waals surface area contributed by atoms with Crippen molar-refractivity contribution in [1.29, 1.82) is 0 Å². The summed E-state index contributed by atoms with van der Waals surface area (Å²) < 4.78 is 0. The van der Waals surface area contributed by atoms with Crippen LogP contribution in [0, 0.1) is 19.8 Å². The second-order valence-corrected chi connectivity index (χ2v) is 8.35. The zero-order valence-corrected chi connectivity index (χ0v) is 18.4. The third-order valence-corrected chi connectivity index (χ3v) is 6.05. The number of carbonyl (C=O) groups excluding carboxylic acids is 1. The molecule has 2 amide bonds. The van der Waals surface area contributed by atoms with Gasteiger partial charge in [-0.05, 0) is 74.1 Å². The fraction of sp³-hybridized carbons (Fsp3) is 0.320. The molecule has 6 nitrogen and oxygen atoms in total. The zero-order valence-electron chi connectivity index (χ0n) is 18.4. The van der Waals surface area contributed by atoms with Crippen molar-refractivity contribution >= 4 is 23.2 Å². The molecule has 1 aliphatic heterocycles. The molecule has 2 aromatic carbocycles. The minimum atomic E-state index is -0.263. The average Bonchev–Trinajstić information content (AvgIpc) is 2.78. The van der Waals surface area contributed by atoms with Crippen molar-refractivity contribution in [3.05, 3.63) is 65.7 Å². The standard InChI is InChI=1S/C25H29N5O/c1-17-13-15-30(16-14-17)24-12-11-23(28-29-24)20-7-9-21(10-8-20)26-25(31)27-22-6-4-5-18(2)19(22)3/h4-12,17H,13-16H2,1-3H3,(H2,26,27,31). The van der Waals surface area contributed by atoms with E-state index in [9.17, 15) is 4.79 Å². The molecular formula is C25H29N5O. The summed E-state index contributed by atoms with van der Waals surface area (Å²) in [5.74, 6) is 1.73. The summed E-state index contributed by atoms with van der Waals surface area (Å²) in [4.78, 5) is 14.7. The number of nitrogens with one attached hydrogen (secondary N) is 2. The van der Waals surface area contributed by atoms with Crippen LogP contribution in [0.5, 0.6) is 0 Å². The quantitative estimate of drug-likeness (QED) is 0.578. The van der Waals surface area contributed by atoms with Crippen LogP contribution in [0.3, 0.4) is 0 Å². The summed E-state index contributed by atoms with van der Waals surface area (Å²) in [6.07, 6.45) is 2.41. The van der Waals surface area contributed by atoms with Crippen LogP contribution in [-0.4, -0.2) is 29.3 Å². The van der Waals surface area contributed by atoms with Gasteiger partial charge in [-0.2, -0.15) is 0 Å². The summed E-state index contributed by atoms with van der Waals surface area (Å²) in [7, 11) is 0. The van der Waals surface area contributed by atoms with Gasteiger partial charge in [0.25, 0.3) is 0 Å². The smallest absolute Gasteiger partial charge is 0.323 e. The van der Waals surface area contributed by atoms with Crippen molar-refractivity contribution in [3.63, 3.8) is 0 Å². The molecule has 2 N–H and O–H groups in total. The number of rotatable bonds is 4. The number of aryl methyl sites for hydroxylation is 1. The van der Waals surface area contributed by atoms with E-state index >= 15 is 0 Å². The maximum Gasteiger partial charge on any atom is 0.323 e. The van der Waals surface area contributed by atoms with E-state index < -0.39 is 0 Å². The first-order valence-electron chi connectivity index (χ1n) is 10.8. The van der Waals surface area contributed by atoms with Crippen LogP contribution < -0.4 is 15.5 Å². The summed E-state index contributed by atoms with van der Waals surface area (Å²) in [6, 6.07) is 17.3. The van der Waals surface area contributed by atoms with E-state index in [-0.39, 0.29) is 6.03 Å². The minimum Gasteiger partial charge on any atom is -0.355 e. The molecule has 6 heteroatoms. The Labute approximate surface area is 183 Å². The molecule has 0 atom stereocenters. The lowest BCUT2D eigenvalue weighted by atomic mass is 9.99. The third kappa shape index (κ3) is 5.02. The van der Waals surface area contributed by atoms with Gasteiger partial charge < -0.3 is 15.5 Å². The van der Waals surface area contributed by atoms with E-state index in [4.69, 9.17) is 0 Å². The van der Waals surface area contributed by atoms with Gasteiger partial charge >= 0.3 is 6.03 Å². The van der Waals surface area contributed by atoms with Gasteiger partial charge in [0, 0.05) is 30.0 Å². The Balaban J connectivity index is 1.37. The summed E-state index contributed by atoms with van der Waals surface area (Å²) >= 11 is 0. The number of nitrogens with zero attached hydrogens (tertiary/aromatic N) is 3. The molecule has 1 aromatic heterocycles. The molecule has 0 unspecified atom stereocenters. The van der Waals surface area contributed by atoms with E-state index in [1.165, 1.54) is 12.8 Å². The van der Waals surface area contributed by atoms with Gasteiger partial charge in [0.15, 0.2) is 5.82 Å². The summed E-state index contributed by atoms with van der Waals surface area (Å²) in [5, 5.41) is 14.6. The molecule has 1 saturated heterocycles.